The molecular formula is C67H113N10O17-. The molecule has 0 radical (unpaired) electrons. The number of likely N-dealkylation sites (tertiary alicyclic amines) is 1. The molecule has 1 saturated heterocycles. The minimum absolute atomic E-state index is 0.00288. The monoisotopic (exact) mass is 1330 g/mol. The third-order valence-electron chi connectivity index (χ3n) is 17.1. The molecule has 1 aromatic rings. The molecule has 94 heavy (non-hydrogen) atoms. The molecular weight excluding hydrogens is 1220 g/mol. The molecule has 2 rings (SSSR count). The number of carboxylic acid groups (broad SMARTS) is 1. The summed E-state index contributed by atoms with van der Waals surface area (Å²) in [6.07, 6.45) is 6.25. The van der Waals surface area contributed by atoms with E-state index in [1.165, 1.54) is 38.0 Å². The van der Waals surface area contributed by atoms with Gasteiger partial charge in [0.15, 0.2) is 6.23 Å². The van der Waals surface area contributed by atoms with E-state index in [9.17, 15) is 53.5 Å². The number of carbonyl (C=O) groups is 9. The van der Waals surface area contributed by atoms with E-state index in [4.69, 9.17) is 35.2 Å². The Morgan fingerprint density at radius 3 is 2.01 bits per heavy atom. The molecule has 1 aliphatic heterocycles. The first-order valence-corrected chi connectivity index (χ1v) is 33.2. The predicted molar refractivity (Wildman–Crippen MR) is 355 cm³/mol. The standard InChI is InChI=1S/C67H113N10O17/c1-15-47(7)62(53(90-12)43-58(82)77-35-22-26-52(77)63(91-13)48(8)44-70-51(67(88)92-14)42-50-24-18-17-19-25-50)74(11)66(87)60(45(3)4)72-65(86)61(46(5)6)73(10)56(80)27-20-32-69-64(85)49(9)71-55(79)30-38-93-40-41-94-39-37-76(89)34-23-33-75(36-29-59(83)84)57(81)28-21-31-68-54(78)16-2/h2,17-19,24-25,45-49,51-54,60-63,68,70,78H,15,20-23,26-44H2,1,3-14H3,(H,69,85)(H,71,79)(H,72,86)(H,83,84)/q-1/t47-,48-,49?,51-,52-,53+,54?,60-,61+,62-,63+/m0/s1. The summed E-state index contributed by atoms with van der Waals surface area (Å²) in [5, 5.41) is 46.0. The molecule has 0 aromatic heterocycles. The topological polar surface area (TPSA) is 340 Å². The number of esters is 1. The Labute approximate surface area is 558 Å². The Balaban J connectivity index is 1.88. The number of aliphatic hydroxyl groups excluding tert-OH is 1. The lowest BCUT2D eigenvalue weighted by Gasteiger charge is -2.41. The van der Waals surface area contributed by atoms with Crippen LogP contribution in [0.1, 0.15) is 132 Å². The van der Waals surface area contributed by atoms with Crippen LogP contribution in [0, 0.1) is 41.2 Å². The Morgan fingerprint density at radius 2 is 1.40 bits per heavy atom. The summed E-state index contributed by atoms with van der Waals surface area (Å²) in [5.41, 5.74) is 0.990. The number of nitrogens with one attached hydrogen (secondary N) is 5. The van der Waals surface area contributed by atoms with Gasteiger partial charge < -0.3 is 85.0 Å². The van der Waals surface area contributed by atoms with Crippen LogP contribution >= 0.6 is 0 Å². The summed E-state index contributed by atoms with van der Waals surface area (Å²) >= 11 is 0. The van der Waals surface area contributed by atoms with Gasteiger partial charge in [0.25, 0.3) is 0 Å². The summed E-state index contributed by atoms with van der Waals surface area (Å²) in [6.45, 7) is 17.0. The number of aliphatic carboxylic acids is 1. The van der Waals surface area contributed by atoms with Gasteiger partial charge in [0.2, 0.25) is 41.4 Å². The zero-order valence-electron chi connectivity index (χ0n) is 58.2. The van der Waals surface area contributed by atoms with E-state index in [0.29, 0.717) is 45.3 Å². The van der Waals surface area contributed by atoms with E-state index in [1.54, 1.807) is 19.1 Å². The van der Waals surface area contributed by atoms with Gasteiger partial charge in [0.1, 0.15) is 24.2 Å². The normalized spacial score (nSPS) is 16.4. The Bertz CT molecular complexity index is 2490. The number of ether oxygens (including phenoxy) is 5. The molecule has 7 N–H and O–H groups in total. The maximum Gasteiger partial charge on any atom is 0.323 e. The predicted octanol–water partition coefficient (Wildman–Crippen LogP) is 2.54. The van der Waals surface area contributed by atoms with Crippen LogP contribution in [0.15, 0.2) is 30.3 Å². The van der Waals surface area contributed by atoms with Crippen LogP contribution in [-0.4, -0.2) is 257 Å². The first-order valence-electron chi connectivity index (χ1n) is 33.2. The molecule has 27 nitrogen and oxygen atoms in total. The van der Waals surface area contributed by atoms with Crippen molar-refractivity contribution in [2.45, 2.75) is 187 Å². The molecule has 1 heterocycles. The average molecular weight is 1330 g/mol. The van der Waals surface area contributed by atoms with Crippen LogP contribution in [-0.2, 0) is 73.3 Å². The fourth-order valence-corrected chi connectivity index (χ4v) is 11.6. The number of carbonyl (C=O) groups excluding carboxylic acids is 8. The molecule has 534 valence electrons. The highest BCUT2D eigenvalue weighted by atomic mass is 16.5. The van der Waals surface area contributed by atoms with E-state index in [-0.39, 0.29) is 163 Å². The lowest BCUT2D eigenvalue weighted by atomic mass is 9.89. The summed E-state index contributed by atoms with van der Waals surface area (Å²) in [5.74, 6) is -2.81. The van der Waals surface area contributed by atoms with Crippen molar-refractivity contribution in [1.29, 1.82) is 0 Å². The van der Waals surface area contributed by atoms with Crippen molar-refractivity contribution in [1.82, 2.24) is 51.2 Å². The second-order valence-corrected chi connectivity index (χ2v) is 25.0. The first kappa shape index (κ1) is 83.7. The molecule has 11 atom stereocenters. The maximum atomic E-state index is 14.7. The molecule has 0 spiro atoms. The average Bonchev–Trinajstić information content (AvgIpc) is 1.43. The van der Waals surface area contributed by atoms with Gasteiger partial charge in [0, 0.05) is 86.8 Å². The van der Waals surface area contributed by atoms with Gasteiger partial charge in [-0.3, -0.25) is 48.5 Å². The van der Waals surface area contributed by atoms with E-state index < -0.39 is 66.2 Å². The Morgan fingerprint density at radius 1 is 0.745 bits per heavy atom. The third-order valence-corrected chi connectivity index (χ3v) is 17.1. The summed E-state index contributed by atoms with van der Waals surface area (Å²) in [7, 11) is 7.74. The van der Waals surface area contributed by atoms with Gasteiger partial charge in [-0.15, -0.1) is 6.42 Å². The number of benzene rings is 1. The fourth-order valence-electron chi connectivity index (χ4n) is 11.6. The number of methoxy groups -OCH3 is 3. The second-order valence-electron chi connectivity index (χ2n) is 25.0. The van der Waals surface area contributed by atoms with Gasteiger partial charge >= 0.3 is 11.9 Å². The van der Waals surface area contributed by atoms with Gasteiger partial charge in [-0.25, -0.2) is 0 Å². The first-order chi connectivity index (χ1) is 44.7. The fraction of sp³-hybridized carbons (Fsp3) is 0.746. The van der Waals surface area contributed by atoms with E-state index in [2.05, 4.69) is 32.5 Å². The lowest BCUT2D eigenvalue weighted by molar-refractivity contribution is -0.148. The zero-order valence-corrected chi connectivity index (χ0v) is 58.2. The zero-order chi connectivity index (χ0) is 70.5. The van der Waals surface area contributed by atoms with E-state index in [1.807, 2.05) is 83.7 Å². The van der Waals surface area contributed by atoms with Gasteiger partial charge in [0.05, 0.1) is 70.7 Å². The number of likely N-dealkylation sites (N-methyl/N-ethyl adjacent to an activating group) is 2. The molecule has 0 aliphatic carbocycles. The summed E-state index contributed by atoms with van der Waals surface area (Å²) < 4.78 is 28.3. The number of rotatable bonds is 49. The number of hydroxylamine groups is 2. The number of aliphatic hydroxyl groups is 1. The van der Waals surface area contributed by atoms with Crippen molar-refractivity contribution >= 4 is 53.3 Å². The SMILES string of the molecule is C#CC(O)NCCCC(=O)N(CCCN([O-])CCOCCOCCC(=O)NC(C)C(=O)NCCCC(=O)N(C)[C@@H](C(=O)N[C@H](C(=O)N(C)[C@@H]([C@@H](C)CC)[C@@H](CC(=O)N1CCC[C@H]1[C@H](OC)[C@@H](C)CN[C@@H](Cc1ccccc1)C(=O)OC)OC)C(C)C)C(C)C)CCC(=O)O. The molecule has 1 aromatic carbocycles. The van der Waals surface area contributed by atoms with Crippen LogP contribution in [0.5, 0.6) is 0 Å². The van der Waals surface area contributed by atoms with Crippen molar-refractivity contribution in [3.63, 3.8) is 0 Å². The largest absolute Gasteiger partial charge is 0.785 e. The van der Waals surface area contributed by atoms with E-state index in [0.717, 1.165) is 23.5 Å². The Hall–Kier alpha value is -6.35. The number of amides is 7. The van der Waals surface area contributed by atoms with E-state index >= 15 is 0 Å². The van der Waals surface area contributed by atoms with Crippen LogP contribution in [0.25, 0.3) is 0 Å². The molecule has 2 unspecified atom stereocenters. The van der Waals surface area contributed by atoms with Gasteiger partial charge in [-0.1, -0.05) is 91.1 Å². The second kappa shape index (κ2) is 45.9. The highest BCUT2D eigenvalue weighted by Crippen LogP contribution is 2.30. The molecule has 7 amide bonds. The number of carboxylic acids is 1. The Kier molecular flexibility index (Phi) is 40.9. The summed E-state index contributed by atoms with van der Waals surface area (Å²) in [6, 6.07) is 5.46. The number of hydrogen-bond acceptors (Lipinski definition) is 19. The lowest BCUT2D eigenvalue weighted by Crippen LogP contribution is -2.60. The van der Waals surface area contributed by atoms with Crippen LogP contribution < -0.4 is 26.6 Å². The number of hydrogen-bond donors (Lipinski definition) is 7. The molecule has 1 fully saturated rings. The third kappa shape index (κ3) is 30.2. The van der Waals surface area contributed by atoms with Crippen LogP contribution in [0.2, 0.25) is 0 Å². The van der Waals surface area contributed by atoms with Crippen molar-refractivity contribution in [3.8, 4) is 12.3 Å². The van der Waals surface area contributed by atoms with Crippen molar-refractivity contribution < 1.29 is 77.0 Å². The highest BCUT2D eigenvalue weighted by Gasteiger charge is 2.43. The minimum atomic E-state index is -1.13. The van der Waals surface area contributed by atoms with Crippen molar-refractivity contribution in [3.05, 3.63) is 41.1 Å². The van der Waals surface area contributed by atoms with Crippen LogP contribution in [0.4, 0.5) is 0 Å². The number of nitrogens with zero attached hydrogens (tertiary/aromatic N) is 5. The molecule has 0 bridgehead atoms. The van der Waals surface area contributed by atoms with Gasteiger partial charge in [-0.05, 0) is 87.8 Å². The van der Waals surface area contributed by atoms with Crippen molar-refractivity contribution in [2.24, 2.45) is 23.7 Å². The highest BCUT2D eigenvalue weighted by molar-refractivity contribution is 5.93. The van der Waals surface area contributed by atoms with Crippen LogP contribution in [0.3, 0.4) is 0 Å². The van der Waals surface area contributed by atoms with Gasteiger partial charge in [-0.2, -0.15) is 0 Å². The van der Waals surface area contributed by atoms with Crippen molar-refractivity contribution in [2.75, 3.05) is 114 Å². The maximum absolute atomic E-state index is 14.7. The number of terminal acetylenes is 1. The molecule has 27 heteroatoms. The minimum Gasteiger partial charge on any atom is -0.785 e. The smallest absolute Gasteiger partial charge is 0.323 e. The summed E-state index contributed by atoms with van der Waals surface area (Å²) in [4.78, 5) is 126. The molecule has 0 saturated carbocycles. The quantitative estimate of drug-likeness (QED) is 0.0162. The molecule has 1 aliphatic rings.